The third-order valence-electron chi connectivity index (χ3n) is 4.28. The van der Waals surface area contributed by atoms with Crippen LogP contribution in [0.4, 0.5) is 13.2 Å². The van der Waals surface area contributed by atoms with Gasteiger partial charge in [0.2, 0.25) is 0 Å². The van der Waals surface area contributed by atoms with Crippen LogP contribution in [0.25, 0.3) is 0 Å². The molecule has 0 aromatic heterocycles. The van der Waals surface area contributed by atoms with Crippen LogP contribution in [0.3, 0.4) is 0 Å². The molecule has 1 aliphatic rings. The number of benzene rings is 1. The van der Waals surface area contributed by atoms with Gasteiger partial charge in [-0.3, -0.25) is 9.59 Å². The van der Waals surface area contributed by atoms with E-state index in [0.717, 1.165) is 12.1 Å². The molecule has 0 heterocycles. The number of aliphatic carboxylic acids is 2. The average molecular weight is 331 g/mol. The summed E-state index contributed by atoms with van der Waals surface area (Å²) in [5, 5.41) is 18.2. The van der Waals surface area contributed by atoms with E-state index in [1.165, 1.54) is 12.1 Å². The molecule has 2 rings (SSSR count). The topological polar surface area (TPSA) is 101 Å². The molecule has 1 unspecified atom stereocenters. The molecule has 0 spiro atoms. The third kappa shape index (κ3) is 3.64. The molecule has 0 bridgehead atoms. The monoisotopic (exact) mass is 331 g/mol. The molecule has 1 aromatic rings. The number of hydrogen-bond donors (Lipinski definition) is 3. The number of carboxylic acids is 2. The molecular weight excluding hydrogens is 315 g/mol. The number of carboxylic acid groups (broad SMARTS) is 2. The number of carbonyl (C=O) groups is 2. The molecule has 0 aliphatic heterocycles. The SMILES string of the molecule is NC(CCc1ccc(C(F)(F)F)cc1)(C(=O)O)[C@H]1C[C@@H]1C(=O)O. The van der Waals surface area contributed by atoms with Gasteiger partial charge in [0.05, 0.1) is 11.5 Å². The zero-order chi connectivity index (χ0) is 17.4. The van der Waals surface area contributed by atoms with Crippen molar-refractivity contribution in [1.82, 2.24) is 0 Å². The summed E-state index contributed by atoms with van der Waals surface area (Å²) in [6.07, 6.45) is -4.11. The molecule has 1 aromatic carbocycles. The maximum atomic E-state index is 12.5. The highest BCUT2D eigenvalue weighted by molar-refractivity contribution is 5.83. The summed E-state index contributed by atoms with van der Waals surface area (Å²) < 4.78 is 37.4. The first-order valence-corrected chi connectivity index (χ1v) is 6.97. The van der Waals surface area contributed by atoms with Crippen molar-refractivity contribution in [3.8, 4) is 0 Å². The Morgan fingerprint density at radius 3 is 2.13 bits per heavy atom. The molecular formula is C15H16F3NO4. The van der Waals surface area contributed by atoms with Crippen LogP contribution in [0, 0.1) is 11.8 Å². The van der Waals surface area contributed by atoms with Crippen LogP contribution in [0.2, 0.25) is 0 Å². The van der Waals surface area contributed by atoms with Crippen molar-refractivity contribution in [2.45, 2.75) is 31.0 Å². The predicted molar refractivity (Wildman–Crippen MR) is 73.6 cm³/mol. The largest absolute Gasteiger partial charge is 0.481 e. The number of hydrogen-bond acceptors (Lipinski definition) is 3. The molecule has 1 aliphatic carbocycles. The van der Waals surface area contributed by atoms with Gasteiger partial charge in [0.25, 0.3) is 0 Å². The van der Waals surface area contributed by atoms with Crippen LogP contribution in [0.5, 0.6) is 0 Å². The van der Waals surface area contributed by atoms with Crippen molar-refractivity contribution in [3.05, 3.63) is 35.4 Å². The van der Waals surface area contributed by atoms with E-state index in [2.05, 4.69) is 0 Å². The number of nitrogens with two attached hydrogens (primary N) is 1. The van der Waals surface area contributed by atoms with Crippen LogP contribution < -0.4 is 5.73 Å². The maximum absolute atomic E-state index is 12.5. The standard InChI is InChI=1S/C15H16F3NO4/c16-15(17,18)9-3-1-8(2-4-9)5-6-14(19,13(22)23)11-7-10(11)12(20)21/h1-4,10-11H,5-7,19H2,(H,20,21)(H,22,23)/t10-,11-,14?/m0/s1. The van der Waals surface area contributed by atoms with Crippen LogP contribution in [0.1, 0.15) is 24.0 Å². The van der Waals surface area contributed by atoms with Gasteiger partial charge >= 0.3 is 18.1 Å². The van der Waals surface area contributed by atoms with E-state index in [9.17, 15) is 27.9 Å². The van der Waals surface area contributed by atoms with E-state index < -0.39 is 41.1 Å². The lowest BCUT2D eigenvalue weighted by molar-refractivity contribution is -0.145. The second kappa shape index (κ2) is 5.84. The summed E-state index contributed by atoms with van der Waals surface area (Å²) >= 11 is 0. The summed E-state index contributed by atoms with van der Waals surface area (Å²) in [5.74, 6) is -3.81. The van der Waals surface area contributed by atoms with Crippen molar-refractivity contribution in [3.63, 3.8) is 0 Å². The first kappa shape index (κ1) is 17.3. The van der Waals surface area contributed by atoms with Gasteiger partial charge in [0.15, 0.2) is 0 Å². The zero-order valence-electron chi connectivity index (χ0n) is 12.0. The Morgan fingerprint density at radius 2 is 1.74 bits per heavy atom. The van der Waals surface area contributed by atoms with E-state index in [-0.39, 0.29) is 19.3 Å². The first-order valence-electron chi connectivity index (χ1n) is 6.97. The number of alkyl halides is 3. The fraction of sp³-hybridized carbons (Fsp3) is 0.467. The van der Waals surface area contributed by atoms with Gasteiger partial charge in [-0.1, -0.05) is 12.1 Å². The molecule has 1 fully saturated rings. The number of aryl methyl sites for hydroxylation is 1. The Balaban J connectivity index is 2.05. The van der Waals surface area contributed by atoms with E-state index in [4.69, 9.17) is 10.8 Å². The Hall–Kier alpha value is -2.09. The second-order valence-electron chi connectivity index (χ2n) is 5.83. The van der Waals surface area contributed by atoms with Crippen LogP contribution >= 0.6 is 0 Å². The summed E-state index contributed by atoms with van der Waals surface area (Å²) in [6, 6.07) is 4.39. The Morgan fingerprint density at radius 1 is 1.17 bits per heavy atom. The van der Waals surface area contributed by atoms with Gasteiger partial charge in [-0.15, -0.1) is 0 Å². The molecule has 1 saturated carbocycles. The third-order valence-corrected chi connectivity index (χ3v) is 4.28. The van der Waals surface area contributed by atoms with Gasteiger partial charge < -0.3 is 15.9 Å². The highest BCUT2D eigenvalue weighted by atomic mass is 19.4. The molecule has 8 heteroatoms. The van der Waals surface area contributed by atoms with Crippen LogP contribution in [0.15, 0.2) is 24.3 Å². The maximum Gasteiger partial charge on any atom is 0.416 e. The van der Waals surface area contributed by atoms with Crippen molar-refractivity contribution in [2.75, 3.05) is 0 Å². The average Bonchev–Trinajstić information content (AvgIpc) is 3.25. The molecule has 5 nitrogen and oxygen atoms in total. The lowest BCUT2D eigenvalue weighted by Crippen LogP contribution is -2.51. The summed E-state index contributed by atoms with van der Waals surface area (Å²) in [7, 11) is 0. The van der Waals surface area contributed by atoms with Gasteiger partial charge in [-0.2, -0.15) is 13.2 Å². The van der Waals surface area contributed by atoms with Crippen LogP contribution in [-0.2, 0) is 22.2 Å². The molecule has 0 amide bonds. The molecule has 4 N–H and O–H groups in total. The zero-order valence-corrected chi connectivity index (χ0v) is 12.0. The molecule has 0 radical (unpaired) electrons. The number of halogens is 3. The molecule has 3 atom stereocenters. The van der Waals surface area contributed by atoms with E-state index in [0.29, 0.717) is 5.56 Å². The fourth-order valence-corrected chi connectivity index (χ4v) is 2.70. The predicted octanol–water partition coefficient (Wildman–Crippen LogP) is 2.14. The minimum atomic E-state index is -4.43. The highest BCUT2D eigenvalue weighted by Gasteiger charge is 2.58. The van der Waals surface area contributed by atoms with Gasteiger partial charge in [0.1, 0.15) is 5.54 Å². The fourth-order valence-electron chi connectivity index (χ4n) is 2.70. The molecule has 126 valence electrons. The summed E-state index contributed by atoms with van der Waals surface area (Å²) in [5.41, 5.74) is 3.92. The second-order valence-corrected chi connectivity index (χ2v) is 5.83. The van der Waals surface area contributed by atoms with Crippen LogP contribution in [-0.4, -0.2) is 27.7 Å². The van der Waals surface area contributed by atoms with Gasteiger partial charge in [-0.25, -0.2) is 0 Å². The van der Waals surface area contributed by atoms with Crippen molar-refractivity contribution < 1.29 is 33.0 Å². The lowest BCUT2D eigenvalue weighted by atomic mass is 9.86. The van der Waals surface area contributed by atoms with Gasteiger partial charge in [-0.05, 0) is 37.0 Å². The highest BCUT2D eigenvalue weighted by Crippen LogP contribution is 2.47. The normalized spacial score (nSPS) is 23.1. The quantitative estimate of drug-likeness (QED) is 0.741. The Labute approximate surface area is 129 Å². The van der Waals surface area contributed by atoms with E-state index >= 15 is 0 Å². The number of rotatable bonds is 6. The lowest BCUT2D eigenvalue weighted by Gasteiger charge is -2.25. The van der Waals surface area contributed by atoms with Gasteiger partial charge in [0, 0.05) is 5.92 Å². The summed E-state index contributed by atoms with van der Waals surface area (Å²) in [4.78, 5) is 22.3. The smallest absolute Gasteiger partial charge is 0.416 e. The van der Waals surface area contributed by atoms with E-state index in [1.54, 1.807) is 0 Å². The van der Waals surface area contributed by atoms with E-state index in [1.807, 2.05) is 0 Å². The minimum absolute atomic E-state index is 0.0395. The Bertz CT molecular complexity index is 614. The first-order chi connectivity index (χ1) is 10.6. The molecule has 23 heavy (non-hydrogen) atoms. The van der Waals surface area contributed by atoms with Crippen molar-refractivity contribution >= 4 is 11.9 Å². The van der Waals surface area contributed by atoms with Crippen molar-refractivity contribution in [2.24, 2.45) is 17.6 Å². The Kier molecular flexibility index (Phi) is 4.39. The molecule has 0 saturated heterocycles. The summed E-state index contributed by atoms with van der Waals surface area (Å²) in [6.45, 7) is 0. The van der Waals surface area contributed by atoms with Crippen molar-refractivity contribution in [1.29, 1.82) is 0 Å². The minimum Gasteiger partial charge on any atom is -0.481 e.